The summed E-state index contributed by atoms with van der Waals surface area (Å²) in [5.74, 6) is 0. The Labute approximate surface area is 100 Å². The maximum Gasteiger partial charge on any atom is 0.0931 e. The Balaban J connectivity index is 1.89. The SMILES string of the molecule is C[C@@H](N[C@@H]1CCN(C)C1)c1ccc(Cl)s1. The molecule has 0 spiro atoms. The van der Waals surface area contributed by atoms with Crippen LogP contribution < -0.4 is 5.32 Å². The predicted octanol–water partition coefficient (Wildman–Crippen LogP) is 2.76. The monoisotopic (exact) mass is 244 g/mol. The van der Waals surface area contributed by atoms with E-state index in [2.05, 4.69) is 30.3 Å². The van der Waals surface area contributed by atoms with Crippen LogP contribution in [-0.2, 0) is 0 Å². The van der Waals surface area contributed by atoms with E-state index in [1.54, 1.807) is 11.3 Å². The van der Waals surface area contributed by atoms with Crippen LogP contribution >= 0.6 is 22.9 Å². The minimum absolute atomic E-state index is 0.416. The molecular formula is C11H17ClN2S. The van der Waals surface area contributed by atoms with Gasteiger partial charge >= 0.3 is 0 Å². The molecule has 84 valence electrons. The number of halogens is 1. The van der Waals surface area contributed by atoms with Gasteiger partial charge in [-0.2, -0.15) is 0 Å². The van der Waals surface area contributed by atoms with E-state index in [1.165, 1.54) is 17.8 Å². The zero-order valence-electron chi connectivity index (χ0n) is 9.16. The minimum atomic E-state index is 0.416. The van der Waals surface area contributed by atoms with Gasteiger partial charge in [0.25, 0.3) is 0 Å². The zero-order chi connectivity index (χ0) is 10.8. The smallest absolute Gasteiger partial charge is 0.0931 e. The van der Waals surface area contributed by atoms with Gasteiger partial charge in [0.05, 0.1) is 4.34 Å². The second-order valence-electron chi connectivity index (χ2n) is 4.28. The molecule has 2 rings (SSSR count). The lowest BCUT2D eigenvalue weighted by Gasteiger charge is -2.18. The summed E-state index contributed by atoms with van der Waals surface area (Å²) in [6.07, 6.45) is 1.25. The molecule has 0 bridgehead atoms. The van der Waals surface area contributed by atoms with E-state index in [0.29, 0.717) is 12.1 Å². The Morgan fingerprint density at radius 1 is 1.60 bits per heavy atom. The first-order valence-electron chi connectivity index (χ1n) is 5.35. The van der Waals surface area contributed by atoms with Gasteiger partial charge < -0.3 is 10.2 Å². The summed E-state index contributed by atoms with van der Waals surface area (Å²) in [7, 11) is 2.17. The number of nitrogens with one attached hydrogen (secondary N) is 1. The van der Waals surface area contributed by atoms with Crippen LogP contribution in [-0.4, -0.2) is 31.1 Å². The Morgan fingerprint density at radius 3 is 2.93 bits per heavy atom. The third kappa shape index (κ3) is 2.94. The molecule has 0 radical (unpaired) electrons. The van der Waals surface area contributed by atoms with Crippen LogP contribution in [0.1, 0.15) is 24.3 Å². The van der Waals surface area contributed by atoms with E-state index >= 15 is 0 Å². The third-order valence-corrected chi connectivity index (χ3v) is 4.31. The molecule has 1 saturated heterocycles. The quantitative estimate of drug-likeness (QED) is 0.880. The Hall–Kier alpha value is -0.0900. The first-order valence-corrected chi connectivity index (χ1v) is 6.54. The van der Waals surface area contributed by atoms with Crippen molar-refractivity contribution in [3.63, 3.8) is 0 Å². The van der Waals surface area contributed by atoms with Crippen LogP contribution in [0.5, 0.6) is 0 Å². The van der Waals surface area contributed by atoms with Crippen LogP contribution in [0.15, 0.2) is 12.1 Å². The molecule has 1 aliphatic heterocycles. The van der Waals surface area contributed by atoms with Crippen molar-refractivity contribution in [2.45, 2.75) is 25.4 Å². The van der Waals surface area contributed by atoms with Gasteiger partial charge in [-0.25, -0.2) is 0 Å². The predicted molar refractivity (Wildman–Crippen MR) is 66.8 cm³/mol. The Bertz CT molecular complexity index is 326. The van der Waals surface area contributed by atoms with Crippen molar-refractivity contribution < 1.29 is 0 Å². The van der Waals surface area contributed by atoms with Gasteiger partial charge in [0.2, 0.25) is 0 Å². The van der Waals surface area contributed by atoms with Crippen molar-refractivity contribution in [3.8, 4) is 0 Å². The van der Waals surface area contributed by atoms with E-state index in [-0.39, 0.29) is 0 Å². The summed E-state index contributed by atoms with van der Waals surface area (Å²) in [6.45, 7) is 4.57. The van der Waals surface area contributed by atoms with Crippen molar-refractivity contribution in [1.82, 2.24) is 10.2 Å². The normalized spacial score (nSPS) is 24.6. The lowest BCUT2D eigenvalue weighted by molar-refractivity contribution is 0.388. The average molecular weight is 245 g/mol. The average Bonchev–Trinajstić information content (AvgIpc) is 2.75. The summed E-state index contributed by atoms with van der Waals surface area (Å²) < 4.78 is 0.877. The highest BCUT2D eigenvalue weighted by atomic mass is 35.5. The fourth-order valence-corrected chi connectivity index (χ4v) is 3.14. The number of likely N-dealkylation sites (tertiary alicyclic amines) is 1. The molecule has 2 atom stereocenters. The van der Waals surface area contributed by atoms with E-state index in [0.717, 1.165) is 10.9 Å². The van der Waals surface area contributed by atoms with Gasteiger partial charge in [-0.05, 0) is 39.1 Å². The summed E-state index contributed by atoms with van der Waals surface area (Å²) in [5, 5.41) is 3.65. The number of thiophene rings is 1. The first-order chi connectivity index (χ1) is 7.15. The number of likely N-dealkylation sites (N-methyl/N-ethyl adjacent to an activating group) is 1. The maximum absolute atomic E-state index is 5.93. The standard InChI is InChI=1S/C11H17ClN2S/c1-8(10-3-4-11(12)15-10)13-9-5-6-14(2)7-9/h3-4,8-9,13H,5-7H2,1-2H3/t8-,9-/m1/s1. The van der Waals surface area contributed by atoms with Gasteiger partial charge in [0, 0.05) is 23.5 Å². The number of hydrogen-bond acceptors (Lipinski definition) is 3. The molecule has 4 heteroatoms. The molecule has 0 aromatic carbocycles. The van der Waals surface area contributed by atoms with Crippen LogP contribution in [0.3, 0.4) is 0 Å². The lowest BCUT2D eigenvalue weighted by atomic mass is 10.2. The van der Waals surface area contributed by atoms with Crippen molar-refractivity contribution in [2.75, 3.05) is 20.1 Å². The second kappa shape index (κ2) is 4.83. The van der Waals surface area contributed by atoms with Gasteiger partial charge in [-0.15, -0.1) is 11.3 Å². The van der Waals surface area contributed by atoms with Gasteiger partial charge in [-0.1, -0.05) is 11.6 Å². The minimum Gasteiger partial charge on any atom is -0.305 e. The van der Waals surface area contributed by atoms with E-state index in [1.807, 2.05) is 6.07 Å². The number of rotatable bonds is 3. The molecule has 1 aromatic rings. The second-order valence-corrected chi connectivity index (χ2v) is 6.02. The number of hydrogen-bond donors (Lipinski definition) is 1. The third-order valence-electron chi connectivity index (χ3n) is 2.90. The van der Waals surface area contributed by atoms with Gasteiger partial charge in [-0.3, -0.25) is 0 Å². The fourth-order valence-electron chi connectivity index (χ4n) is 2.07. The molecule has 0 saturated carbocycles. The highest BCUT2D eigenvalue weighted by Gasteiger charge is 2.21. The molecule has 15 heavy (non-hydrogen) atoms. The molecule has 0 unspecified atom stereocenters. The Morgan fingerprint density at radius 2 is 2.40 bits per heavy atom. The molecule has 2 nitrogen and oxygen atoms in total. The summed E-state index contributed by atoms with van der Waals surface area (Å²) in [4.78, 5) is 3.70. The van der Waals surface area contributed by atoms with Crippen LogP contribution in [0.25, 0.3) is 0 Å². The van der Waals surface area contributed by atoms with Gasteiger partial charge in [0.15, 0.2) is 0 Å². The summed E-state index contributed by atoms with van der Waals surface area (Å²) in [5.41, 5.74) is 0. The molecule has 1 aromatic heterocycles. The van der Waals surface area contributed by atoms with Crippen molar-refractivity contribution in [1.29, 1.82) is 0 Å². The molecule has 1 aliphatic rings. The fraction of sp³-hybridized carbons (Fsp3) is 0.636. The van der Waals surface area contributed by atoms with Crippen LogP contribution in [0.4, 0.5) is 0 Å². The highest BCUT2D eigenvalue weighted by Crippen LogP contribution is 2.27. The van der Waals surface area contributed by atoms with Crippen molar-refractivity contribution in [3.05, 3.63) is 21.3 Å². The molecule has 2 heterocycles. The first kappa shape index (κ1) is 11.4. The van der Waals surface area contributed by atoms with Crippen LogP contribution in [0.2, 0.25) is 4.34 Å². The molecular weight excluding hydrogens is 228 g/mol. The van der Waals surface area contributed by atoms with Crippen molar-refractivity contribution in [2.24, 2.45) is 0 Å². The summed E-state index contributed by atoms with van der Waals surface area (Å²) >= 11 is 7.60. The molecule has 1 fully saturated rings. The van der Waals surface area contributed by atoms with Crippen molar-refractivity contribution >= 4 is 22.9 Å². The number of nitrogens with zero attached hydrogens (tertiary/aromatic N) is 1. The summed E-state index contributed by atoms with van der Waals surface area (Å²) in [6, 6.07) is 5.13. The Kier molecular flexibility index (Phi) is 3.67. The highest BCUT2D eigenvalue weighted by molar-refractivity contribution is 7.16. The largest absolute Gasteiger partial charge is 0.305 e. The molecule has 0 amide bonds. The van der Waals surface area contributed by atoms with E-state index in [9.17, 15) is 0 Å². The van der Waals surface area contributed by atoms with E-state index < -0.39 is 0 Å². The maximum atomic E-state index is 5.93. The topological polar surface area (TPSA) is 15.3 Å². The zero-order valence-corrected chi connectivity index (χ0v) is 10.7. The van der Waals surface area contributed by atoms with Gasteiger partial charge in [0.1, 0.15) is 0 Å². The van der Waals surface area contributed by atoms with E-state index in [4.69, 9.17) is 11.6 Å². The van der Waals surface area contributed by atoms with Crippen LogP contribution in [0, 0.1) is 0 Å². The molecule has 1 N–H and O–H groups in total. The molecule has 0 aliphatic carbocycles. The lowest BCUT2D eigenvalue weighted by Crippen LogP contribution is -2.33.